The van der Waals surface area contributed by atoms with Gasteiger partial charge >= 0.3 is 12.1 Å². The maximum atomic E-state index is 12.7. The van der Waals surface area contributed by atoms with Crippen molar-refractivity contribution in [3.05, 3.63) is 71.4 Å². The van der Waals surface area contributed by atoms with E-state index in [4.69, 9.17) is 4.74 Å². The molecule has 3 aliphatic rings. The molecule has 3 aliphatic carbocycles. The fraction of sp³-hybridized carbons (Fsp3) is 0.414. The standard InChI is InChI=1S/C29H32N2O4S/c1-19-25(30-27(34)35-20(2)21-6-4-3-5-7-21)26(36-31-19)22-8-10-23(11-9-22)29-15-12-28(13-16-29,14-17-29)18-24(32)33/h3-11,20H,12-18H2,1-2H3,(H,30,34)(H,32,33)/t20-,28?,29?/m1/s1. The van der Waals surface area contributed by atoms with Crippen molar-refractivity contribution in [1.29, 1.82) is 0 Å². The molecule has 1 aromatic heterocycles. The van der Waals surface area contributed by atoms with E-state index in [1.165, 1.54) is 17.1 Å². The number of nitrogens with one attached hydrogen (secondary N) is 1. The Labute approximate surface area is 215 Å². The number of carboxylic acid groups (broad SMARTS) is 1. The van der Waals surface area contributed by atoms with Crippen molar-refractivity contribution in [2.24, 2.45) is 5.41 Å². The molecule has 0 unspecified atom stereocenters. The molecule has 3 aromatic rings. The van der Waals surface area contributed by atoms with E-state index in [-0.39, 0.29) is 16.9 Å². The van der Waals surface area contributed by atoms with Crippen LogP contribution in [0, 0.1) is 12.3 Å². The number of aromatic nitrogens is 1. The van der Waals surface area contributed by atoms with E-state index >= 15 is 0 Å². The van der Waals surface area contributed by atoms with Gasteiger partial charge in [0.05, 0.1) is 22.7 Å². The number of hydrogen-bond donors (Lipinski definition) is 2. The van der Waals surface area contributed by atoms with Crippen LogP contribution >= 0.6 is 11.5 Å². The molecule has 0 spiro atoms. The van der Waals surface area contributed by atoms with Gasteiger partial charge in [-0.2, -0.15) is 4.37 Å². The summed E-state index contributed by atoms with van der Waals surface area (Å²) in [5.74, 6) is -0.670. The van der Waals surface area contributed by atoms with Crippen LogP contribution in [-0.2, 0) is 14.9 Å². The number of carboxylic acids is 1. The van der Waals surface area contributed by atoms with Crippen molar-refractivity contribution in [3.8, 4) is 10.4 Å². The average Bonchev–Trinajstić information content (AvgIpc) is 3.24. The summed E-state index contributed by atoms with van der Waals surface area (Å²) in [5, 5.41) is 12.3. The largest absolute Gasteiger partial charge is 0.481 e. The number of hydrogen-bond acceptors (Lipinski definition) is 5. The lowest BCUT2D eigenvalue weighted by atomic mass is 9.51. The van der Waals surface area contributed by atoms with E-state index < -0.39 is 12.1 Å². The first kappa shape index (κ1) is 24.5. The molecule has 6 rings (SSSR count). The Kier molecular flexibility index (Phi) is 6.60. The first-order chi connectivity index (χ1) is 17.3. The van der Waals surface area contributed by atoms with Crippen molar-refractivity contribution in [3.63, 3.8) is 0 Å². The molecule has 0 radical (unpaired) electrons. The van der Waals surface area contributed by atoms with Gasteiger partial charge in [-0.05, 0) is 91.4 Å². The van der Waals surface area contributed by atoms with E-state index in [9.17, 15) is 14.7 Å². The van der Waals surface area contributed by atoms with Crippen LogP contribution in [-0.4, -0.2) is 21.5 Å². The summed E-state index contributed by atoms with van der Waals surface area (Å²) in [6.07, 6.45) is 5.58. The minimum atomic E-state index is -0.670. The molecule has 36 heavy (non-hydrogen) atoms. The third-order valence-electron chi connectivity index (χ3n) is 8.33. The Morgan fingerprint density at radius 3 is 2.28 bits per heavy atom. The summed E-state index contributed by atoms with van der Waals surface area (Å²) < 4.78 is 10.1. The molecule has 1 amide bonds. The number of ether oxygens (including phenoxy) is 1. The summed E-state index contributed by atoms with van der Waals surface area (Å²) in [6, 6.07) is 18.3. The van der Waals surface area contributed by atoms with E-state index in [0.29, 0.717) is 12.1 Å². The molecule has 3 saturated carbocycles. The fourth-order valence-corrected chi connectivity index (χ4v) is 6.91. The molecule has 0 saturated heterocycles. The average molecular weight is 505 g/mol. The molecule has 6 nitrogen and oxygen atoms in total. The van der Waals surface area contributed by atoms with Gasteiger partial charge in [-0.1, -0.05) is 54.6 Å². The molecule has 1 heterocycles. The van der Waals surface area contributed by atoms with E-state index in [0.717, 1.165) is 60.2 Å². The van der Waals surface area contributed by atoms with Crippen LogP contribution in [0.15, 0.2) is 54.6 Å². The monoisotopic (exact) mass is 504 g/mol. The molecular formula is C29H32N2O4S. The second-order valence-corrected chi connectivity index (χ2v) is 11.3. The molecule has 2 N–H and O–H groups in total. The highest BCUT2D eigenvalue weighted by molar-refractivity contribution is 7.10. The number of nitrogens with zero attached hydrogens (tertiary/aromatic N) is 1. The van der Waals surface area contributed by atoms with Crippen LogP contribution in [0.5, 0.6) is 0 Å². The van der Waals surface area contributed by atoms with Gasteiger partial charge in [-0.15, -0.1) is 0 Å². The predicted molar refractivity (Wildman–Crippen MR) is 141 cm³/mol. The number of amides is 1. The van der Waals surface area contributed by atoms with Gasteiger partial charge in [0.1, 0.15) is 6.10 Å². The van der Waals surface area contributed by atoms with Gasteiger partial charge in [-0.3, -0.25) is 10.1 Å². The maximum absolute atomic E-state index is 12.7. The lowest BCUT2D eigenvalue weighted by Gasteiger charge is -2.53. The van der Waals surface area contributed by atoms with Crippen LogP contribution in [0.25, 0.3) is 10.4 Å². The van der Waals surface area contributed by atoms with Crippen molar-refractivity contribution in [2.75, 3.05) is 5.32 Å². The van der Waals surface area contributed by atoms with E-state index in [1.807, 2.05) is 44.2 Å². The van der Waals surface area contributed by atoms with Gasteiger partial charge in [0.2, 0.25) is 0 Å². The third-order valence-corrected chi connectivity index (χ3v) is 9.32. The third kappa shape index (κ3) is 4.76. The summed E-state index contributed by atoms with van der Waals surface area (Å²) >= 11 is 1.37. The second kappa shape index (κ2) is 9.69. The molecular weight excluding hydrogens is 472 g/mol. The van der Waals surface area contributed by atoms with E-state index in [2.05, 4.69) is 34.0 Å². The second-order valence-electron chi connectivity index (χ2n) is 10.5. The Hall–Kier alpha value is -3.19. The Bertz CT molecular complexity index is 1230. The predicted octanol–water partition coefficient (Wildman–Crippen LogP) is 7.49. The number of fused-ring (bicyclic) bond motifs is 3. The van der Waals surface area contributed by atoms with Crippen LogP contribution in [0.1, 0.15) is 74.8 Å². The fourth-order valence-electron chi connectivity index (χ4n) is 6.06. The molecule has 7 heteroatoms. The van der Waals surface area contributed by atoms with Gasteiger partial charge in [0, 0.05) is 0 Å². The Morgan fingerprint density at radius 2 is 1.67 bits per heavy atom. The highest BCUT2D eigenvalue weighted by Gasteiger charge is 2.49. The normalized spacial score (nSPS) is 23.7. The van der Waals surface area contributed by atoms with Crippen molar-refractivity contribution in [1.82, 2.24) is 4.37 Å². The van der Waals surface area contributed by atoms with Gasteiger partial charge in [0.25, 0.3) is 0 Å². The molecule has 0 aliphatic heterocycles. The lowest BCUT2D eigenvalue weighted by molar-refractivity contribution is -0.142. The smallest absolute Gasteiger partial charge is 0.412 e. The zero-order valence-corrected chi connectivity index (χ0v) is 21.6. The van der Waals surface area contributed by atoms with Crippen LogP contribution in [0.2, 0.25) is 0 Å². The summed E-state index contributed by atoms with van der Waals surface area (Å²) in [5.41, 5.74) is 4.89. The SMILES string of the molecule is Cc1nsc(-c2ccc(C34CCC(CC(=O)O)(CC3)CC4)cc2)c1NC(=O)O[C@H](C)c1ccccc1. The molecule has 2 aromatic carbocycles. The Balaban J connectivity index is 1.29. The van der Waals surface area contributed by atoms with Crippen molar-refractivity contribution in [2.45, 2.75) is 70.3 Å². The summed E-state index contributed by atoms with van der Waals surface area (Å²) in [7, 11) is 0. The first-order valence-electron chi connectivity index (χ1n) is 12.6. The zero-order valence-electron chi connectivity index (χ0n) is 20.8. The minimum absolute atomic E-state index is 0.000869. The molecule has 3 fully saturated rings. The number of aryl methyl sites for hydroxylation is 1. The number of anilines is 1. The quantitative estimate of drug-likeness (QED) is 0.348. The van der Waals surface area contributed by atoms with Crippen LogP contribution in [0.4, 0.5) is 10.5 Å². The maximum Gasteiger partial charge on any atom is 0.412 e. The Morgan fingerprint density at radius 1 is 1.03 bits per heavy atom. The number of carbonyl (C=O) groups excluding carboxylic acids is 1. The zero-order chi connectivity index (χ0) is 25.3. The number of aliphatic carboxylic acids is 1. The molecule has 2 bridgehead atoms. The van der Waals surface area contributed by atoms with Gasteiger partial charge in [-0.25, -0.2) is 4.79 Å². The minimum Gasteiger partial charge on any atom is -0.481 e. The van der Waals surface area contributed by atoms with E-state index in [1.54, 1.807) is 0 Å². The number of benzene rings is 2. The summed E-state index contributed by atoms with van der Waals surface area (Å²) in [6.45, 7) is 3.74. The van der Waals surface area contributed by atoms with Crippen molar-refractivity contribution < 1.29 is 19.4 Å². The first-order valence-corrected chi connectivity index (χ1v) is 13.4. The lowest BCUT2D eigenvalue weighted by Crippen LogP contribution is -2.45. The van der Waals surface area contributed by atoms with Crippen molar-refractivity contribution >= 4 is 29.3 Å². The number of rotatable bonds is 7. The van der Waals surface area contributed by atoms with Gasteiger partial charge < -0.3 is 9.84 Å². The van der Waals surface area contributed by atoms with Gasteiger partial charge in [0.15, 0.2) is 0 Å². The molecule has 1 atom stereocenters. The van der Waals surface area contributed by atoms with Crippen LogP contribution < -0.4 is 5.32 Å². The van der Waals surface area contributed by atoms with Crippen LogP contribution in [0.3, 0.4) is 0 Å². The topological polar surface area (TPSA) is 88.5 Å². The highest BCUT2D eigenvalue weighted by Crippen LogP contribution is 2.59. The molecule has 188 valence electrons. The number of carbonyl (C=O) groups is 2. The summed E-state index contributed by atoms with van der Waals surface area (Å²) in [4.78, 5) is 24.9. The highest BCUT2D eigenvalue weighted by atomic mass is 32.1.